The molecular formula is C33H30F5N2O+. The molecule has 0 aromatic heterocycles. The number of allylic oxidation sites excluding steroid dienone is 2. The van der Waals surface area contributed by atoms with Crippen LogP contribution >= 0.6 is 0 Å². The summed E-state index contributed by atoms with van der Waals surface area (Å²) in [7, 11) is 3.87. The molecule has 0 unspecified atom stereocenters. The molecule has 212 valence electrons. The zero-order valence-corrected chi connectivity index (χ0v) is 24.2. The van der Waals surface area contributed by atoms with E-state index in [2.05, 4.69) is 49.3 Å². The van der Waals surface area contributed by atoms with Crippen LogP contribution in [0.5, 0.6) is 11.5 Å². The Kier molecular flexibility index (Phi) is 5.67. The van der Waals surface area contributed by atoms with Crippen LogP contribution in [0.15, 0.2) is 36.4 Å². The third-order valence-corrected chi connectivity index (χ3v) is 8.85. The van der Waals surface area contributed by atoms with Crippen LogP contribution < -0.4 is 24.8 Å². The van der Waals surface area contributed by atoms with Gasteiger partial charge in [-0.3, -0.25) is 0 Å². The summed E-state index contributed by atoms with van der Waals surface area (Å²) < 4.78 is 82.9. The van der Waals surface area contributed by atoms with Gasteiger partial charge in [-0.1, -0.05) is 6.08 Å². The molecule has 0 spiro atoms. The van der Waals surface area contributed by atoms with Gasteiger partial charge in [0.1, 0.15) is 18.5 Å². The summed E-state index contributed by atoms with van der Waals surface area (Å²) in [6.07, 6.45) is 4.14. The van der Waals surface area contributed by atoms with Gasteiger partial charge in [0.05, 0.1) is 17.2 Å². The predicted molar refractivity (Wildman–Crippen MR) is 151 cm³/mol. The topological polar surface area (TPSA) is 15.5 Å². The van der Waals surface area contributed by atoms with Gasteiger partial charge in [-0.2, -0.15) is 0 Å². The van der Waals surface area contributed by atoms with Crippen LogP contribution in [0.2, 0.25) is 0 Å². The second-order valence-corrected chi connectivity index (χ2v) is 12.2. The molecule has 3 nitrogen and oxygen atoms in total. The highest BCUT2D eigenvalue weighted by Gasteiger charge is 2.37. The molecule has 0 bridgehead atoms. The molecule has 0 aliphatic carbocycles. The molecule has 0 radical (unpaired) electrons. The fraction of sp³-hybridized carbons (Fsp3) is 0.303. The molecule has 0 saturated heterocycles. The van der Waals surface area contributed by atoms with Gasteiger partial charge >= 0.3 is 0 Å². The number of anilines is 1. The van der Waals surface area contributed by atoms with Gasteiger partial charge in [0.25, 0.3) is 0 Å². The Morgan fingerprint density at radius 3 is 1.93 bits per heavy atom. The van der Waals surface area contributed by atoms with Crippen molar-refractivity contribution in [2.75, 3.05) is 19.0 Å². The highest BCUT2D eigenvalue weighted by molar-refractivity contribution is 5.92. The Morgan fingerprint density at radius 2 is 1.29 bits per heavy atom. The zero-order chi connectivity index (χ0) is 29.9. The Labute approximate surface area is 235 Å². The van der Waals surface area contributed by atoms with Gasteiger partial charge in [0.2, 0.25) is 11.2 Å². The lowest BCUT2D eigenvalue weighted by atomic mass is 9.84. The van der Waals surface area contributed by atoms with Crippen molar-refractivity contribution < 1.29 is 26.7 Å². The van der Waals surface area contributed by atoms with Crippen molar-refractivity contribution in [2.24, 2.45) is 0 Å². The minimum absolute atomic E-state index is 0.111. The number of rotatable bonds is 1. The van der Waals surface area contributed by atoms with E-state index in [1.54, 1.807) is 24.3 Å². The molecule has 3 aromatic carbocycles. The van der Waals surface area contributed by atoms with E-state index >= 15 is 8.78 Å². The first-order valence-corrected chi connectivity index (χ1v) is 13.4. The Morgan fingerprint density at radius 1 is 0.707 bits per heavy atom. The smallest absolute Gasteiger partial charge is 0.211 e. The SMILES string of the molecule is CC1=CC(C)(C)N(C)c2cc3c(cc21)C(c1c(F)c(F)c(F)c(F)c1F)=c1cc2c(cc1O3)=[N+](C)C(C)(C)C=C2C. The normalized spacial score (nSPS) is 18.1. The number of hydrogen-bond donors (Lipinski definition) is 0. The monoisotopic (exact) mass is 565 g/mol. The maximum absolute atomic E-state index is 15.5. The summed E-state index contributed by atoms with van der Waals surface area (Å²) in [5.41, 5.74) is 2.69. The molecule has 0 saturated carbocycles. The quantitative estimate of drug-likeness (QED) is 0.111. The van der Waals surface area contributed by atoms with Gasteiger partial charge in [0.15, 0.2) is 28.8 Å². The van der Waals surface area contributed by atoms with Gasteiger partial charge in [-0.05, 0) is 57.0 Å². The average Bonchev–Trinajstić information content (AvgIpc) is 2.90. The maximum Gasteiger partial charge on any atom is 0.211 e. The van der Waals surface area contributed by atoms with E-state index in [9.17, 15) is 13.2 Å². The lowest BCUT2D eigenvalue weighted by Crippen LogP contribution is -2.47. The third-order valence-electron chi connectivity index (χ3n) is 8.85. The van der Waals surface area contributed by atoms with Crippen LogP contribution in [-0.4, -0.2) is 25.2 Å². The first-order valence-electron chi connectivity index (χ1n) is 13.4. The van der Waals surface area contributed by atoms with Crippen molar-refractivity contribution >= 4 is 22.4 Å². The molecular weight excluding hydrogens is 535 g/mol. The fourth-order valence-corrected chi connectivity index (χ4v) is 6.27. The molecule has 3 aliphatic heterocycles. The Bertz CT molecular complexity index is 1890. The summed E-state index contributed by atoms with van der Waals surface area (Å²) >= 11 is 0. The fourth-order valence-electron chi connectivity index (χ4n) is 6.27. The van der Waals surface area contributed by atoms with Crippen LogP contribution in [-0.2, 0) is 0 Å². The van der Waals surface area contributed by atoms with E-state index in [-0.39, 0.29) is 38.9 Å². The van der Waals surface area contributed by atoms with Crippen LogP contribution in [0.4, 0.5) is 27.6 Å². The largest absolute Gasteiger partial charge is 0.456 e. The summed E-state index contributed by atoms with van der Waals surface area (Å²) in [5.74, 6) is -9.43. The number of nitrogens with zero attached hydrogens (tertiary/aromatic N) is 2. The van der Waals surface area contributed by atoms with Crippen molar-refractivity contribution in [1.29, 1.82) is 0 Å². The summed E-state index contributed by atoms with van der Waals surface area (Å²) in [6.45, 7) is 12.1. The Hall–Kier alpha value is -3.94. The van der Waals surface area contributed by atoms with E-state index in [1.807, 2.05) is 27.9 Å². The molecule has 8 heteroatoms. The van der Waals surface area contributed by atoms with Gasteiger partial charge in [-0.25, -0.2) is 26.5 Å². The number of ether oxygens (including phenoxy) is 1. The van der Waals surface area contributed by atoms with Crippen molar-refractivity contribution in [3.8, 4) is 11.5 Å². The van der Waals surface area contributed by atoms with Crippen LogP contribution in [0, 0.1) is 29.1 Å². The zero-order valence-electron chi connectivity index (χ0n) is 24.2. The van der Waals surface area contributed by atoms with E-state index < -0.39 is 34.6 Å². The summed E-state index contributed by atoms with van der Waals surface area (Å²) in [4.78, 5) is 2.06. The van der Waals surface area contributed by atoms with Crippen molar-refractivity contribution in [2.45, 2.75) is 52.6 Å². The van der Waals surface area contributed by atoms with E-state index in [4.69, 9.17) is 4.74 Å². The molecule has 0 N–H and O–H groups in total. The minimum Gasteiger partial charge on any atom is -0.456 e. The average molecular weight is 566 g/mol. The van der Waals surface area contributed by atoms with Crippen LogP contribution in [0.3, 0.4) is 0 Å². The highest BCUT2D eigenvalue weighted by Crippen LogP contribution is 2.46. The van der Waals surface area contributed by atoms with E-state index in [1.165, 1.54) is 0 Å². The van der Waals surface area contributed by atoms with Crippen LogP contribution in [0.1, 0.15) is 63.8 Å². The van der Waals surface area contributed by atoms with Crippen molar-refractivity contribution in [1.82, 2.24) is 4.58 Å². The van der Waals surface area contributed by atoms with Crippen molar-refractivity contribution in [3.05, 3.63) is 98.3 Å². The summed E-state index contributed by atoms with van der Waals surface area (Å²) in [5, 5.41) is 1.07. The second-order valence-electron chi connectivity index (χ2n) is 12.2. The first-order chi connectivity index (χ1) is 19.0. The number of benzene rings is 3. The van der Waals surface area contributed by atoms with E-state index in [0.717, 1.165) is 33.3 Å². The standard InChI is InChI=1S/C33H30F5N2O/c1-15-13-32(3,4)39(7)21-11-23-19(9-17(15)21)25(26-27(34)29(36)31(38)30(37)28(26)35)20-10-18-16(2)14-33(5,6)40(8)22(18)12-24(20)41-23/h9-14H,1-8H3/q+1. The number of fused-ring (bicyclic) bond motifs is 4. The van der Waals surface area contributed by atoms with Gasteiger partial charge in [-0.15, -0.1) is 0 Å². The first kappa shape index (κ1) is 27.2. The molecule has 0 fully saturated rings. The van der Waals surface area contributed by atoms with E-state index in [0.29, 0.717) is 0 Å². The highest BCUT2D eigenvalue weighted by atomic mass is 19.2. The predicted octanol–water partition coefficient (Wildman–Crippen LogP) is 6.68. The number of hydrogen-bond acceptors (Lipinski definition) is 2. The van der Waals surface area contributed by atoms with Gasteiger partial charge in [0, 0.05) is 60.1 Å². The molecule has 0 amide bonds. The number of halogens is 5. The van der Waals surface area contributed by atoms with Crippen LogP contribution in [0.25, 0.3) is 16.7 Å². The molecule has 41 heavy (non-hydrogen) atoms. The lowest BCUT2D eigenvalue weighted by Gasteiger charge is -2.41. The second kappa shape index (κ2) is 8.54. The molecule has 0 atom stereocenters. The molecule has 6 rings (SSSR count). The Balaban J connectivity index is 1.81. The number of likely N-dealkylation sites (N-methyl/N-ethyl adjacent to an activating group) is 2. The molecule has 3 heterocycles. The minimum atomic E-state index is -2.20. The van der Waals surface area contributed by atoms with Gasteiger partial charge < -0.3 is 9.64 Å². The molecule has 3 aliphatic rings. The lowest BCUT2D eigenvalue weighted by molar-refractivity contribution is 0.376. The third kappa shape index (κ3) is 3.72. The molecule has 3 aromatic rings. The maximum atomic E-state index is 15.5. The summed E-state index contributed by atoms with van der Waals surface area (Å²) in [6, 6.07) is 6.98. The van der Waals surface area contributed by atoms with Crippen molar-refractivity contribution in [3.63, 3.8) is 0 Å².